The molecule has 0 aliphatic carbocycles. The Hall–Kier alpha value is -1.96. The Balaban J connectivity index is 1.79. The highest BCUT2D eigenvalue weighted by atomic mass is 32.2. The standard InChI is InChI=1S/C20H24N2O3S2/c1-21(2)14-15-25-18(23)12-7-13-22-19(24)17(27-20(22)26)11-6-10-16-8-4-3-5-9-16/h3-6,8-11H,7,12-15H2,1-2H3. The van der Waals surface area contributed by atoms with Crippen molar-refractivity contribution in [2.24, 2.45) is 0 Å². The van der Waals surface area contributed by atoms with E-state index in [-0.39, 0.29) is 18.3 Å². The van der Waals surface area contributed by atoms with Gasteiger partial charge in [0.1, 0.15) is 10.9 Å². The van der Waals surface area contributed by atoms with E-state index >= 15 is 0 Å². The van der Waals surface area contributed by atoms with Crippen LogP contribution in [0.1, 0.15) is 18.4 Å². The molecule has 2 rings (SSSR count). The van der Waals surface area contributed by atoms with Crippen LogP contribution in [0.3, 0.4) is 0 Å². The molecule has 0 atom stereocenters. The highest BCUT2D eigenvalue weighted by Gasteiger charge is 2.31. The van der Waals surface area contributed by atoms with Crippen LogP contribution in [0.15, 0.2) is 47.4 Å². The van der Waals surface area contributed by atoms with E-state index in [1.807, 2.05) is 61.5 Å². The number of amides is 1. The van der Waals surface area contributed by atoms with Crippen LogP contribution < -0.4 is 0 Å². The van der Waals surface area contributed by atoms with Crippen molar-refractivity contribution in [2.75, 3.05) is 33.8 Å². The molecule has 1 aliphatic heterocycles. The van der Waals surface area contributed by atoms with Crippen LogP contribution in [-0.2, 0) is 14.3 Å². The fourth-order valence-electron chi connectivity index (χ4n) is 2.31. The zero-order valence-corrected chi connectivity index (χ0v) is 17.2. The average molecular weight is 405 g/mol. The number of carbonyl (C=O) groups excluding carboxylic acids is 2. The minimum absolute atomic E-state index is 0.108. The van der Waals surface area contributed by atoms with Gasteiger partial charge >= 0.3 is 5.97 Å². The van der Waals surface area contributed by atoms with E-state index in [0.29, 0.717) is 35.3 Å². The number of thioether (sulfide) groups is 1. The average Bonchev–Trinajstić information content (AvgIpc) is 2.90. The molecule has 0 spiro atoms. The van der Waals surface area contributed by atoms with Crippen LogP contribution in [0.4, 0.5) is 0 Å². The van der Waals surface area contributed by atoms with E-state index in [0.717, 1.165) is 5.56 Å². The summed E-state index contributed by atoms with van der Waals surface area (Å²) in [6.07, 6.45) is 6.37. The molecule has 0 aromatic heterocycles. The number of rotatable bonds is 9. The second kappa shape index (κ2) is 11.0. The number of ether oxygens (including phenoxy) is 1. The number of allylic oxidation sites excluding steroid dienone is 2. The fourth-order valence-corrected chi connectivity index (χ4v) is 3.57. The van der Waals surface area contributed by atoms with Gasteiger partial charge in [0.2, 0.25) is 0 Å². The molecule has 1 fully saturated rings. The maximum atomic E-state index is 12.5. The van der Waals surface area contributed by atoms with Gasteiger partial charge in [0.05, 0.1) is 4.91 Å². The lowest BCUT2D eigenvalue weighted by atomic mass is 10.2. The predicted molar refractivity (Wildman–Crippen MR) is 114 cm³/mol. The molecule has 0 bridgehead atoms. The molecule has 1 saturated heterocycles. The first-order chi connectivity index (χ1) is 13.0. The highest BCUT2D eigenvalue weighted by Crippen LogP contribution is 2.31. The highest BCUT2D eigenvalue weighted by molar-refractivity contribution is 8.26. The number of carbonyl (C=O) groups is 2. The summed E-state index contributed by atoms with van der Waals surface area (Å²) in [5, 5.41) is 0. The number of thiocarbonyl (C=S) groups is 1. The van der Waals surface area contributed by atoms with Crippen molar-refractivity contribution in [1.82, 2.24) is 9.80 Å². The number of likely N-dealkylation sites (N-methyl/N-ethyl adjacent to an activating group) is 1. The van der Waals surface area contributed by atoms with Crippen molar-refractivity contribution in [2.45, 2.75) is 12.8 Å². The first kappa shape index (κ1) is 21.3. The topological polar surface area (TPSA) is 49.9 Å². The third-order valence-electron chi connectivity index (χ3n) is 3.77. The van der Waals surface area contributed by atoms with Crippen molar-refractivity contribution < 1.29 is 14.3 Å². The maximum Gasteiger partial charge on any atom is 0.305 e. The van der Waals surface area contributed by atoms with Gasteiger partial charge in [0.15, 0.2) is 0 Å². The fraction of sp³-hybridized carbons (Fsp3) is 0.350. The Morgan fingerprint density at radius 1 is 1.30 bits per heavy atom. The molecule has 144 valence electrons. The number of hydrogen-bond acceptors (Lipinski definition) is 6. The minimum atomic E-state index is -0.247. The maximum absolute atomic E-state index is 12.5. The van der Waals surface area contributed by atoms with Crippen LogP contribution in [-0.4, -0.2) is 59.8 Å². The van der Waals surface area contributed by atoms with Crippen molar-refractivity contribution in [3.8, 4) is 0 Å². The number of esters is 1. The number of benzene rings is 1. The first-order valence-electron chi connectivity index (χ1n) is 8.75. The van der Waals surface area contributed by atoms with Gasteiger partial charge in [0, 0.05) is 19.5 Å². The van der Waals surface area contributed by atoms with E-state index in [1.165, 1.54) is 11.8 Å². The van der Waals surface area contributed by atoms with Crippen LogP contribution >= 0.6 is 24.0 Å². The van der Waals surface area contributed by atoms with E-state index in [4.69, 9.17) is 17.0 Å². The Morgan fingerprint density at radius 2 is 2.04 bits per heavy atom. The molecule has 0 unspecified atom stereocenters. The lowest BCUT2D eigenvalue weighted by Gasteiger charge is -2.14. The van der Waals surface area contributed by atoms with Gasteiger partial charge in [-0.2, -0.15) is 0 Å². The molecule has 0 radical (unpaired) electrons. The van der Waals surface area contributed by atoms with Gasteiger partial charge in [-0.25, -0.2) is 0 Å². The summed E-state index contributed by atoms with van der Waals surface area (Å²) in [5.74, 6) is -0.354. The third kappa shape index (κ3) is 7.28. The second-order valence-corrected chi connectivity index (χ2v) is 7.93. The van der Waals surface area contributed by atoms with E-state index < -0.39 is 0 Å². The normalized spacial score (nSPS) is 16.1. The Labute approximate surface area is 170 Å². The van der Waals surface area contributed by atoms with Crippen LogP contribution in [0.5, 0.6) is 0 Å². The molecule has 0 N–H and O–H groups in total. The summed E-state index contributed by atoms with van der Waals surface area (Å²) in [4.78, 5) is 28.3. The molecular formula is C20H24N2O3S2. The summed E-state index contributed by atoms with van der Waals surface area (Å²) >= 11 is 6.59. The van der Waals surface area contributed by atoms with E-state index in [9.17, 15) is 9.59 Å². The van der Waals surface area contributed by atoms with Gasteiger partial charge in [-0.3, -0.25) is 14.5 Å². The van der Waals surface area contributed by atoms with Crippen LogP contribution in [0, 0.1) is 0 Å². The molecular weight excluding hydrogens is 380 g/mol. The van der Waals surface area contributed by atoms with Crippen molar-refractivity contribution in [3.05, 3.63) is 53.0 Å². The van der Waals surface area contributed by atoms with Gasteiger partial charge in [0.25, 0.3) is 5.91 Å². The predicted octanol–water partition coefficient (Wildman–Crippen LogP) is 3.33. The number of hydrogen-bond donors (Lipinski definition) is 0. The van der Waals surface area contributed by atoms with Gasteiger partial charge < -0.3 is 9.64 Å². The van der Waals surface area contributed by atoms with Gasteiger partial charge in [-0.05, 0) is 32.2 Å². The lowest BCUT2D eigenvalue weighted by molar-refractivity contribution is -0.144. The lowest BCUT2D eigenvalue weighted by Crippen LogP contribution is -2.29. The molecule has 27 heavy (non-hydrogen) atoms. The summed E-state index contributed by atoms with van der Waals surface area (Å²) in [6.45, 7) is 1.50. The molecule has 1 heterocycles. The number of nitrogens with zero attached hydrogens (tertiary/aromatic N) is 2. The molecule has 7 heteroatoms. The van der Waals surface area contributed by atoms with Crippen molar-refractivity contribution >= 4 is 46.3 Å². The van der Waals surface area contributed by atoms with Crippen molar-refractivity contribution in [1.29, 1.82) is 0 Å². The van der Waals surface area contributed by atoms with Gasteiger partial charge in [-0.1, -0.05) is 66.5 Å². The first-order valence-corrected chi connectivity index (χ1v) is 9.97. The molecule has 1 aromatic carbocycles. The van der Waals surface area contributed by atoms with E-state index in [1.54, 1.807) is 11.0 Å². The third-order valence-corrected chi connectivity index (χ3v) is 5.17. The summed E-state index contributed by atoms with van der Waals surface area (Å²) in [5.41, 5.74) is 1.07. The van der Waals surface area contributed by atoms with Gasteiger partial charge in [-0.15, -0.1) is 0 Å². The van der Waals surface area contributed by atoms with Crippen LogP contribution in [0.25, 0.3) is 6.08 Å². The minimum Gasteiger partial charge on any atom is -0.464 e. The Kier molecular flexibility index (Phi) is 8.71. The monoisotopic (exact) mass is 404 g/mol. The van der Waals surface area contributed by atoms with Crippen molar-refractivity contribution in [3.63, 3.8) is 0 Å². The smallest absolute Gasteiger partial charge is 0.305 e. The summed E-state index contributed by atoms with van der Waals surface area (Å²) in [6, 6.07) is 9.87. The Bertz CT molecular complexity index is 730. The summed E-state index contributed by atoms with van der Waals surface area (Å²) in [7, 11) is 3.84. The molecule has 5 nitrogen and oxygen atoms in total. The molecule has 1 aliphatic rings. The molecule has 1 amide bonds. The zero-order chi connectivity index (χ0) is 19.6. The SMILES string of the molecule is CN(C)CCOC(=O)CCCN1C(=O)C(=CC=Cc2ccccc2)SC1=S. The summed E-state index contributed by atoms with van der Waals surface area (Å²) < 4.78 is 5.67. The molecule has 0 saturated carbocycles. The Morgan fingerprint density at radius 3 is 2.74 bits per heavy atom. The second-order valence-electron chi connectivity index (χ2n) is 6.25. The largest absolute Gasteiger partial charge is 0.464 e. The van der Waals surface area contributed by atoms with E-state index in [2.05, 4.69) is 0 Å². The van der Waals surface area contributed by atoms with Crippen LogP contribution in [0.2, 0.25) is 0 Å². The quantitative estimate of drug-likeness (QED) is 0.357. The zero-order valence-electron chi connectivity index (χ0n) is 15.6. The molecule has 1 aromatic rings.